The quantitative estimate of drug-likeness (QED) is 0.532. The molecule has 148 valence electrons. The van der Waals surface area contributed by atoms with E-state index >= 15 is 0 Å². The molecule has 0 atom stereocenters. The van der Waals surface area contributed by atoms with E-state index in [9.17, 15) is 18.0 Å². The third kappa shape index (κ3) is 3.79. The highest BCUT2D eigenvalue weighted by atomic mass is 32.2. The molecule has 2 heterocycles. The molecule has 9 heteroatoms. The van der Waals surface area contributed by atoms with Crippen molar-refractivity contribution in [3.05, 3.63) is 64.0 Å². The highest BCUT2D eigenvalue weighted by Gasteiger charge is 2.16. The molecule has 0 unspecified atom stereocenters. The van der Waals surface area contributed by atoms with Crippen LogP contribution in [0.2, 0.25) is 0 Å². The molecule has 4 aromatic rings. The number of fused-ring (bicyclic) bond motifs is 2. The van der Waals surface area contributed by atoms with Gasteiger partial charge in [0.1, 0.15) is 5.58 Å². The van der Waals surface area contributed by atoms with Gasteiger partial charge in [-0.25, -0.2) is 13.4 Å². The first-order chi connectivity index (χ1) is 13.7. The maximum Gasteiger partial charge on any atom is 0.293 e. The van der Waals surface area contributed by atoms with Gasteiger partial charge in [0.25, 0.3) is 5.91 Å². The number of rotatable bonds is 4. The van der Waals surface area contributed by atoms with Gasteiger partial charge in [0.2, 0.25) is 0 Å². The number of aryl methyl sites for hydroxylation is 1. The Morgan fingerprint density at radius 3 is 2.69 bits per heavy atom. The normalized spacial score (nSPS) is 11.8. The molecule has 4 rings (SSSR count). The molecule has 29 heavy (non-hydrogen) atoms. The van der Waals surface area contributed by atoms with Crippen molar-refractivity contribution in [3.63, 3.8) is 0 Å². The summed E-state index contributed by atoms with van der Waals surface area (Å²) >= 11 is 1.14. The molecule has 7 nitrogen and oxygen atoms in total. The first-order valence-electron chi connectivity index (χ1n) is 8.73. The Balaban J connectivity index is 1.66. The van der Waals surface area contributed by atoms with Gasteiger partial charge in [-0.15, -0.1) is 0 Å². The van der Waals surface area contributed by atoms with E-state index in [1.165, 1.54) is 12.1 Å². The molecular weight excluding hydrogens is 412 g/mol. The number of hydrogen-bond donors (Lipinski definition) is 1. The van der Waals surface area contributed by atoms with Crippen LogP contribution in [0.5, 0.6) is 0 Å². The summed E-state index contributed by atoms with van der Waals surface area (Å²) in [5, 5.41) is 3.31. The van der Waals surface area contributed by atoms with Crippen LogP contribution >= 0.6 is 11.3 Å². The van der Waals surface area contributed by atoms with Crippen LogP contribution in [0, 0.1) is 0 Å². The van der Waals surface area contributed by atoms with Gasteiger partial charge in [-0.2, -0.15) is 0 Å². The van der Waals surface area contributed by atoms with Crippen molar-refractivity contribution in [2.45, 2.75) is 18.2 Å². The molecule has 0 fully saturated rings. The number of benzene rings is 2. The van der Waals surface area contributed by atoms with Crippen LogP contribution in [-0.4, -0.2) is 25.6 Å². The number of thiazole rings is 1. The second kappa shape index (κ2) is 7.09. The van der Waals surface area contributed by atoms with Crippen molar-refractivity contribution >= 4 is 53.4 Å². The van der Waals surface area contributed by atoms with Crippen molar-refractivity contribution in [1.29, 1.82) is 0 Å². The molecule has 0 bridgehead atoms. The SMILES string of the molecule is CCc1ccc2oc(C(=O)Nc3nc4ccc(S(C)(=O)=O)cc4s3)cc(=O)c2c1. The molecule has 1 N–H and O–H groups in total. The molecular formula is C20H16N2O5S2. The van der Waals surface area contributed by atoms with E-state index < -0.39 is 15.7 Å². The largest absolute Gasteiger partial charge is 0.451 e. The van der Waals surface area contributed by atoms with Gasteiger partial charge in [0, 0.05) is 12.3 Å². The van der Waals surface area contributed by atoms with E-state index in [1.807, 2.05) is 13.0 Å². The molecule has 0 aliphatic rings. The van der Waals surface area contributed by atoms with Crippen molar-refractivity contribution in [2.75, 3.05) is 11.6 Å². The molecule has 0 aliphatic heterocycles. The van der Waals surface area contributed by atoms with Gasteiger partial charge in [-0.1, -0.05) is 24.3 Å². The summed E-state index contributed by atoms with van der Waals surface area (Å²) in [6.45, 7) is 1.99. The van der Waals surface area contributed by atoms with Crippen LogP contribution in [0.1, 0.15) is 23.0 Å². The predicted molar refractivity (Wildman–Crippen MR) is 113 cm³/mol. The van der Waals surface area contributed by atoms with E-state index in [0.29, 0.717) is 21.2 Å². The maximum absolute atomic E-state index is 12.6. The lowest BCUT2D eigenvalue weighted by Crippen LogP contribution is -2.14. The van der Waals surface area contributed by atoms with Crippen molar-refractivity contribution in [1.82, 2.24) is 4.98 Å². The number of amides is 1. The number of nitrogens with zero attached hydrogens (tertiary/aromatic N) is 1. The third-order valence-electron chi connectivity index (χ3n) is 4.43. The summed E-state index contributed by atoms with van der Waals surface area (Å²) in [7, 11) is -3.34. The van der Waals surface area contributed by atoms with Crippen molar-refractivity contribution in [2.24, 2.45) is 0 Å². The first kappa shape index (κ1) is 19.3. The zero-order chi connectivity index (χ0) is 20.8. The summed E-state index contributed by atoms with van der Waals surface area (Å²) < 4.78 is 29.6. The second-order valence-corrected chi connectivity index (χ2v) is 9.58. The van der Waals surface area contributed by atoms with Gasteiger partial charge in [0.15, 0.2) is 26.2 Å². The van der Waals surface area contributed by atoms with Gasteiger partial charge < -0.3 is 4.42 Å². The number of aromatic nitrogens is 1. The zero-order valence-corrected chi connectivity index (χ0v) is 17.2. The Morgan fingerprint density at radius 2 is 1.97 bits per heavy atom. The smallest absolute Gasteiger partial charge is 0.293 e. The average Bonchev–Trinajstić information content (AvgIpc) is 3.08. The maximum atomic E-state index is 12.6. The molecule has 0 saturated carbocycles. The minimum Gasteiger partial charge on any atom is -0.451 e. The van der Waals surface area contributed by atoms with E-state index in [-0.39, 0.29) is 21.2 Å². The molecule has 1 amide bonds. The van der Waals surface area contributed by atoms with Crippen LogP contribution in [0.4, 0.5) is 5.13 Å². The predicted octanol–water partition coefficient (Wildman–Crippen LogP) is 3.62. The Hall–Kier alpha value is -3.04. The standard InChI is InChI=1S/C20H16N2O5S2/c1-3-11-4-7-16-13(8-11)15(23)10-17(27-16)19(24)22-20-21-14-6-5-12(29(2,25)26)9-18(14)28-20/h4-10H,3H2,1-2H3,(H,21,22,24). The number of carbonyl (C=O) groups is 1. The fourth-order valence-corrected chi connectivity index (χ4v) is 4.50. The fraction of sp³-hybridized carbons (Fsp3) is 0.150. The van der Waals surface area contributed by atoms with Crippen LogP contribution in [0.3, 0.4) is 0 Å². The van der Waals surface area contributed by atoms with E-state index in [0.717, 1.165) is 35.6 Å². The Kier molecular flexibility index (Phi) is 4.71. The van der Waals surface area contributed by atoms with Gasteiger partial charge in [-0.3, -0.25) is 14.9 Å². The third-order valence-corrected chi connectivity index (χ3v) is 6.48. The van der Waals surface area contributed by atoms with Gasteiger partial charge in [0.05, 0.1) is 20.5 Å². The topological polar surface area (TPSA) is 106 Å². The first-order valence-corrected chi connectivity index (χ1v) is 11.4. The molecule has 2 aromatic heterocycles. The number of nitrogens with one attached hydrogen (secondary N) is 1. The lowest BCUT2D eigenvalue weighted by molar-refractivity contribution is 0.0997. The Labute approximate surface area is 169 Å². The highest BCUT2D eigenvalue weighted by Crippen LogP contribution is 2.28. The van der Waals surface area contributed by atoms with E-state index in [4.69, 9.17) is 4.42 Å². The lowest BCUT2D eigenvalue weighted by Gasteiger charge is -2.04. The van der Waals surface area contributed by atoms with Gasteiger partial charge in [-0.05, 0) is 42.3 Å². The summed E-state index contributed by atoms with van der Waals surface area (Å²) in [5.41, 5.74) is 1.60. The zero-order valence-electron chi connectivity index (χ0n) is 15.6. The van der Waals surface area contributed by atoms with Crippen LogP contribution in [0.25, 0.3) is 21.2 Å². The number of sulfone groups is 1. The van der Waals surface area contributed by atoms with E-state index in [2.05, 4.69) is 10.3 Å². The minimum absolute atomic E-state index is 0.122. The molecule has 0 aliphatic carbocycles. The molecule has 0 radical (unpaired) electrons. The summed E-state index contributed by atoms with van der Waals surface area (Å²) in [5.74, 6) is -0.728. The summed E-state index contributed by atoms with van der Waals surface area (Å²) in [6, 6.07) is 11.0. The minimum atomic E-state index is -3.34. The lowest BCUT2D eigenvalue weighted by atomic mass is 10.1. The van der Waals surface area contributed by atoms with Crippen LogP contribution in [-0.2, 0) is 16.3 Å². The second-order valence-electron chi connectivity index (χ2n) is 6.53. The molecule has 2 aromatic carbocycles. The van der Waals surface area contributed by atoms with E-state index in [1.54, 1.807) is 18.2 Å². The Morgan fingerprint density at radius 1 is 1.17 bits per heavy atom. The molecule has 0 saturated heterocycles. The molecule has 0 spiro atoms. The fourth-order valence-electron chi connectivity index (χ4n) is 2.88. The van der Waals surface area contributed by atoms with Gasteiger partial charge >= 0.3 is 0 Å². The van der Waals surface area contributed by atoms with Crippen molar-refractivity contribution in [3.8, 4) is 0 Å². The monoisotopic (exact) mass is 428 g/mol. The Bertz CT molecular complexity index is 1430. The summed E-state index contributed by atoms with van der Waals surface area (Å²) in [6.07, 6.45) is 1.92. The average molecular weight is 428 g/mol. The highest BCUT2D eigenvalue weighted by molar-refractivity contribution is 7.90. The van der Waals surface area contributed by atoms with Crippen LogP contribution < -0.4 is 10.7 Å². The van der Waals surface area contributed by atoms with Crippen LogP contribution in [0.15, 0.2) is 56.6 Å². The summed E-state index contributed by atoms with van der Waals surface area (Å²) in [4.78, 5) is 29.4. The number of anilines is 1. The number of carbonyl (C=O) groups excluding carboxylic acids is 1. The van der Waals surface area contributed by atoms with Crippen molar-refractivity contribution < 1.29 is 17.6 Å². The number of hydrogen-bond acceptors (Lipinski definition) is 7.